The average molecular weight is 553 g/mol. The number of carbonyl (C=O) groups excluding carboxylic acids is 3. The summed E-state index contributed by atoms with van der Waals surface area (Å²) in [5, 5.41) is 28.1. The Kier molecular flexibility index (Phi) is 5.26. The third-order valence-electron chi connectivity index (χ3n) is 10.6. The van der Waals surface area contributed by atoms with Crippen molar-refractivity contribution in [3.8, 4) is 11.5 Å². The van der Waals surface area contributed by atoms with Gasteiger partial charge in [-0.3, -0.25) is 19.3 Å². The zero-order valence-corrected chi connectivity index (χ0v) is 22.6. The van der Waals surface area contributed by atoms with E-state index < -0.39 is 17.1 Å². The molecule has 1 saturated heterocycles. The molecule has 210 valence electrons. The molecule has 8 nitrogen and oxygen atoms in total. The number of piperidine rings is 1. The Labute approximate surface area is 237 Å². The van der Waals surface area contributed by atoms with Gasteiger partial charge in [-0.05, 0) is 97.7 Å². The zero-order chi connectivity index (χ0) is 28.1. The summed E-state index contributed by atoms with van der Waals surface area (Å²) in [7, 11) is 0. The minimum atomic E-state index is -1.01. The quantitative estimate of drug-likeness (QED) is 0.401. The van der Waals surface area contributed by atoms with Crippen LogP contribution in [0.1, 0.15) is 74.3 Å². The fourth-order valence-corrected chi connectivity index (χ4v) is 8.56. The number of amides is 1. The first-order valence-corrected chi connectivity index (χ1v) is 14.6. The monoisotopic (exact) mass is 552 g/mol. The molecule has 3 fully saturated rings. The number of nitrogens with one attached hydrogen (secondary N) is 1. The van der Waals surface area contributed by atoms with Crippen molar-refractivity contribution >= 4 is 29.3 Å². The number of likely N-dealkylation sites (tertiary alicyclic amines) is 1. The Hall–Kier alpha value is -3.75. The van der Waals surface area contributed by atoms with E-state index in [1.165, 1.54) is 12.8 Å². The van der Waals surface area contributed by atoms with Crippen LogP contribution in [0.2, 0.25) is 0 Å². The molecule has 3 N–H and O–H groups in total. The van der Waals surface area contributed by atoms with Crippen LogP contribution in [0, 0.1) is 5.92 Å². The molecule has 8 rings (SSSR count). The summed E-state index contributed by atoms with van der Waals surface area (Å²) in [5.74, 6) is 0.979. The van der Waals surface area contributed by atoms with Crippen molar-refractivity contribution in [3.63, 3.8) is 0 Å². The lowest BCUT2D eigenvalue weighted by molar-refractivity contribution is -0.191. The lowest BCUT2D eigenvalue weighted by Gasteiger charge is -2.64. The third-order valence-corrected chi connectivity index (χ3v) is 10.6. The number of aliphatic hydroxyl groups is 1. The van der Waals surface area contributed by atoms with Crippen molar-refractivity contribution in [3.05, 3.63) is 70.3 Å². The van der Waals surface area contributed by atoms with E-state index in [4.69, 9.17) is 4.74 Å². The van der Waals surface area contributed by atoms with Crippen LogP contribution in [0.4, 0.5) is 0 Å². The van der Waals surface area contributed by atoms with Gasteiger partial charge in [0.15, 0.2) is 24.1 Å². The molecule has 5 aliphatic rings. The van der Waals surface area contributed by atoms with Crippen molar-refractivity contribution in [2.75, 3.05) is 13.1 Å². The SMILES string of the molecule is O=Cc1cc2ccc(C(=O)N[C@@H]3CC[C@@]4(O)C5Cc6ccc(O)c7c6[C@@]4(CCN5CC4CC4)[C@H]3O7)cc2cc1C=O. The van der Waals surface area contributed by atoms with E-state index in [2.05, 4.69) is 10.2 Å². The van der Waals surface area contributed by atoms with Crippen LogP contribution in [-0.4, -0.2) is 70.5 Å². The number of phenols is 1. The van der Waals surface area contributed by atoms with E-state index in [0.29, 0.717) is 60.0 Å². The van der Waals surface area contributed by atoms with E-state index in [9.17, 15) is 24.6 Å². The first kappa shape index (κ1) is 25.0. The number of hydrogen-bond donors (Lipinski definition) is 3. The second-order valence-corrected chi connectivity index (χ2v) is 12.7. The van der Waals surface area contributed by atoms with Gasteiger partial charge < -0.3 is 20.3 Å². The van der Waals surface area contributed by atoms with Gasteiger partial charge in [-0.25, -0.2) is 0 Å². The molecule has 1 amide bonds. The van der Waals surface area contributed by atoms with Gasteiger partial charge >= 0.3 is 0 Å². The molecule has 0 radical (unpaired) electrons. The van der Waals surface area contributed by atoms with Gasteiger partial charge in [0.1, 0.15) is 6.10 Å². The van der Waals surface area contributed by atoms with Crippen molar-refractivity contribution in [1.29, 1.82) is 0 Å². The normalized spacial score (nSPS) is 31.3. The molecule has 2 bridgehead atoms. The number of aromatic hydroxyl groups is 1. The highest BCUT2D eigenvalue weighted by Gasteiger charge is 2.73. The number of aldehydes is 2. The molecule has 2 heterocycles. The molecule has 1 spiro atoms. The fourth-order valence-electron chi connectivity index (χ4n) is 8.56. The van der Waals surface area contributed by atoms with E-state index in [1.54, 1.807) is 36.4 Å². The molecular weight excluding hydrogens is 520 g/mol. The Morgan fingerprint density at radius 3 is 2.56 bits per heavy atom. The molecule has 41 heavy (non-hydrogen) atoms. The molecule has 0 aromatic heterocycles. The van der Waals surface area contributed by atoms with Gasteiger partial charge in [-0.2, -0.15) is 0 Å². The topological polar surface area (TPSA) is 116 Å². The van der Waals surface area contributed by atoms with Crippen LogP contribution < -0.4 is 10.1 Å². The second kappa shape index (κ2) is 8.63. The predicted octanol–water partition coefficient (Wildman–Crippen LogP) is 3.53. The van der Waals surface area contributed by atoms with Crippen LogP contribution in [0.3, 0.4) is 0 Å². The van der Waals surface area contributed by atoms with Gasteiger partial charge in [0.25, 0.3) is 5.91 Å². The van der Waals surface area contributed by atoms with Crippen LogP contribution in [0.25, 0.3) is 10.8 Å². The van der Waals surface area contributed by atoms with Gasteiger partial charge in [-0.15, -0.1) is 0 Å². The zero-order valence-electron chi connectivity index (χ0n) is 22.6. The van der Waals surface area contributed by atoms with Crippen LogP contribution in [-0.2, 0) is 11.8 Å². The number of fused-ring (bicyclic) bond motifs is 1. The summed E-state index contributed by atoms with van der Waals surface area (Å²) in [6.45, 7) is 1.86. The van der Waals surface area contributed by atoms with Crippen molar-refractivity contribution in [2.24, 2.45) is 5.92 Å². The van der Waals surface area contributed by atoms with E-state index >= 15 is 0 Å². The standard InChI is InChI=1S/C33H32N2O6/c36-16-23-11-19-3-4-21(12-22(19)13-24(23)17-37)31(39)34-25-7-8-33(40)27-14-20-5-6-26(38)29-28(20)32(33,30(25)41-29)9-10-35(27)15-18-1-2-18/h3-6,11-13,16-18,25,27,30,38,40H,1-2,7-10,14-15H2,(H,34,39)/t25-,27?,30+,32+,33-/m1/s1. The molecule has 8 heteroatoms. The average Bonchev–Trinajstić information content (AvgIpc) is 3.72. The van der Waals surface area contributed by atoms with Crippen LogP contribution in [0.5, 0.6) is 11.5 Å². The highest BCUT2D eigenvalue weighted by Crippen LogP contribution is 2.65. The van der Waals surface area contributed by atoms with Crippen molar-refractivity contribution in [2.45, 2.75) is 67.7 Å². The third kappa shape index (κ3) is 3.37. The van der Waals surface area contributed by atoms with Crippen LogP contribution in [0.15, 0.2) is 42.5 Å². The molecule has 2 aliphatic heterocycles. The summed E-state index contributed by atoms with van der Waals surface area (Å²) >= 11 is 0. The second-order valence-electron chi connectivity index (χ2n) is 12.7. The predicted molar refractivity (Wildman–Crippen MR) is 151 cm³/mol. The first-order chi connectivity index (χ1) is 19.9. The van der Waals surface area contributed by atoms with E-state index in [0.717, 1.165) is 36.0 Å². The number of phenolic OH excluding ortho intramolecular Hbond substituents is 1. The largest absolute Gasteiger partial charge is 0.504 e. The number of carbonyl (C=O) groups is 3. The van der Waals surface area contributed by atoms with Gasteiger partial charge in [-0.1, -0.05) is 12.1 Å². The Morgan fingerprint density at radius 1 is 1.02 bits per heavy atom. The Morgan fingerprint density at radius 2 is 1.80 bits per heavy atom. The first-order valence-electron chi connectivity index (χ1n) is 14.6. The molecule has 3 aromatic carbocycles. The maximum Gasteiger partial charge on any atom is 0.251 e. The number of rotatable bonds is 6. The molecule has 3 aliphatic carbocycles. The summed E-state index contributed by atoms with van der Waals surface area (Å²) in [4.78, 5) is 39.0. The summed E-state index contributed by atoms with van der Waals surface area (Å²) in [5.41, 5.74) is 1.37. The van der Waals surface area contributed by atoms with E-state index in [-0.39, 0.29) is 29.3 Å². The number of nitrogens with zero attached hydrogens (tertiary/aromatic N) is 1. The molecule has 5 atom stereocenters. The minimum absolute atomic E-state index is 0.0219. The summed E-state index contributed by atoms with van der Waals surface area (Å²) in [6, 6.07) is 11.8. The van der Waals surface area contributed by atoms with Crippen molar-refractivity contribution < 1.29 is 29.3 Å². The molecular formula is C33H32N2O6. The maximum atomic E-state index is 13.6. The lowest BCUT2D eigenvalue weighted by atomic mass is 9.48. The molecule has 3 aromatic rings. The Balaban J connectivity index is 1.15. The summed E-state index contributed by atoms with van der Waals surface area (Å²) in [6.07, 6.45) is 5.83. The summed E-state index contributed by atoms with van der Waals surface area (Å²) < 4.78 is 6.56. The number of benzene rings is 3. The minimum Gasteiger partial charge on any atom is -0.504 e. The van der Waals surface area contributed by atoms with Crippen molar-refractivity contribution in [1.82, 2.24) is 10.2 Å². The van der Waals surface area contributed by atoms with Gasteiger partial charge in [0, 0.05) is 34.8 Å². The lowest BCUT2D eigenvalue weighted by Crippen LogP contribution is -2.78. The highest BCUT2D eigenvalue weighted by atomic mass is 16.5. The Bertz CT molecular complexity index is 1650. The number of ether oxygens (including phenoxy) is 1. The smallest absolute Gasteiger partial charge is 0.251 e. The highest BCUT2D eigenvalue weighted by molar-refractivity contribution is 6.02. The molecule has 1 unspecified atom stereocenters. The van der Waals surface area contributed by atoms with Gasteiger partial charge in [0.2, 0.25) is 0 Å². The number of hydrogen-bond acceptors (Lipinski definition) is 7. The van der Waals surface area contributed by atoms with Crippen LogP contribution >= 0.6 is 0 Å². The maximum absolute atomic E-state index is 13.6. The van der Waals surface area contributed by atoms with Gasteiger partial charge in [0.05, 0.1) is 17.1 Å². The van der Waals surface area contributed by atoms with E-state index in [1.807, 2.05) is 6.07 Å². The fraction of sp³-hybridized carbons (Fsp3) is 0.424. The molecule has 2 saturated carbocycles.